The van der Waals surface area contributed by atoms with Gasteiger partial charge in [-0.1, -0.05) is 19.3 Å². The maximum absolute atomic E-state index is 12.3. The van der Waals surface area contributed by atoms with Crippen LogP contribution < -0.4 is 10.9 Å². The Labute approximate surface area is 142 Å². The summed E-state index contributed by atoms with van der Waals surface area (Å²) in [6.45, 7) is 3.05. The standard InChI is InChI=1S/C18H27N3O3/c22-16(19-13-18(24)8-2-1-3-9-18)15-7-6-14(20-17(15)23)12-21-10-4-5-11-21/h6-7,24H,1-5,8-13H2,(H,19,22)(H,20,23). The molecular formula is C18H27N3O3. The largest absolute Gasteiger partial charge is 0.388 e. The van der Waals surface area contributed by atoms with Crippen LogP contribution in [0.1, 0.15) is 61.0 Å². The predicted molar refractivity (Wildman–Crippen MR) is 91.9 cm³/mol. The summed E-state index contributed by atoms with van der Waals surface area (Å²) in [6, 6.07) is 3.40. The van der Waals surface area contributed by atoms with Crippen molar-refractivity contribution in [2.45, 2.75) is 57.1 Å². The number of aliphatic hydroxyl groups is 1. The molecular weight excluding hydrogens is 306 g/mol. The van der Waals surface area contributed by atoms with E-state index in [4.69, 9.17) is 0 Å². The average Bonchev–Trinajstić information content (AvgIpc) is 3.07. The van der Waals surface area contributed by atoms with Crippen molar-refractivity contribution in [2.24, 2.45) is 0 Å². The van der Waals surface area contributed by atoms with Gasteiger partial charge in [0.05, 0.1) is 5.60 Å². The molecule has 0 aromatic carbocycles. The number of aromatic nitrogens is 1. The zero-order valence-electron chi connectivity index (χ0n) is 14.1. The first kappa shape index (κ1) is 17.2. The molecule has 0 radical (unpaired) electrons. The Morgan fingerprint density at radius 1 is 1.17 bits per heavy atom. The lowest BCUT2D eigenvalue weighted by molar-refractivity contribution is 0.00524. The first-order valence-electron chi connectivity index (χ1n) is 9.01. The van der Waals surface area contributed by atoms with Gasteiger partial charge in [0.15, 0.2) is 0 Å². The predicted octanol–water partition coefficient (Wildman–Crippen LogP) is 1.40. The molecule has 2 heterocycles. The maximum Gasteiger partial charge on any atom is 0.261 e. The van der Waals surface area contributed by atoms with Crippen molar-refractivity contribution in [1.29, 1.82) is 0 Å². The number of pyridine rings is 1. The van der Waals surface area contributed by atoms with Crippen LogP contribution in [0.5, 0.6) is 0 Å². The van der Waals surface area contributed by atoms with Crippen LogP contribution in [-0.2, 0) is 6.54 Å². The maximum atomic E-state index is 12.3. The summed E-state index contributed by atoms with van der Waals surface area (Å²) in [5, 5.41) is 13.2. The molecule has 0 spiro atoms. The number of hydrogen-bond donors (Lipinski definition) is 3. The van der Waals surface area contributed by atoms with Crippen LogP contribution in [0.3, 0.4) is 0 Å². The van der Waals surface area contributed by atoms with Crippen molar-refractivity contribution in [3.8, 4) is 0 Å². The van der Waals surface area contributed by atoms with Crippen molar-refractivity contribution in [3.63, 3.8) is 0 Å². The number of aromatic amines is 1. The number of nitrogens with one attached hydrogen (secondary N) is 2. The van der Waals surface area contributed by atoms with Crippen molar-refractivity contribution < 1.29 is 9.90 Å². The molecule has 3 N–H and O–H groups in total. The lowest BCUT2D eigenvalue weighted by atomic mass is 9.85. The molecule has 0 bridgehead atoms. The summed E-state index contributed by atoms with van der Waals surface area (Å²) in [4.78, 5) is 29.5. The van der Waals surface area contributed by atoms with E-state index in [0.717, 1.165) is 44.6 Å². The van der Waals surface area contributed by atoms with E-state index < -0.39 is 11.5 Å². The van der Waals surface area contributed by atoms with E-state index in [2.05, 4.69) is 15.2 Å². The van der Waals surface area contributed by atoms with Gasteiger partial charge in [-0.25, -0.2) is 0 Å². The highest BCUT2D eigenvalue weighted by Crippen LogP contribution is 2.27. The molecule has 1 aromatic heterocycles. The lowest BCUT2D eigenvalue weighted by Crippen LogP contribution is -2.45. The molecule has 2 fully saturated rings. The van der Waals surface area contributed by atoms with Crippen LogP contribution in [0.4, 0.5) is 0 Å². The van der Waals surface area contributed by atoms with Gasteiger partial charge in [0.1, 0.15) is 5.56 Å². The molecule has 1 aliphatic carbocycles. The Hall–Kier alpha value is -1.66. The molecule has 1 saturated heterocycles. The minimum atomic E-state index is -0.823. The third kappa shape index (κ3) is 4.24. The van der Waals surface area contributed by atoms with Crippen molar-refractivity contribution in [2.75, 3.05) is 19.6 Å². The number of likely N-dealkylation sites (tertiary alicyclic amines) is 1. The number of carbonyl (C=O) groups excluding carboxylic acids is 1. The minimum absolute atomic E-state index is 0.111. The zero-order chi connectivity index (χ0) is 17.0. The fourth-order valence-electron chi connectivity index (χ4n) is 3.69. The summed E-state index contributed by atoms with van der Waals surface area (Å²) >= 11 is 0. The highest BCUT2D eigenvalue weighted by Gasteiger charge is 2.29. The summed E-state index contributed by atoms with van der Waals surface area (Å²) in [5.41, 5.74) is -0.236. The van der Waals surface area contributed by atoms with E-state index in [9.17, 15) is 14.7 Å². The Balaban J connectivity index is 1.59. The van der Waals surface area contributed by atoms with E-state index in [0.29, 0.717) is 12.8 Å². The molecule has 6 heteroatoms. The fourth-order valence-corrected chi connectivity index (χ4v) is 3.69. The van der Waals surface area contributed by atoms with Gasteiger partial charge < -0.3 is 15.4 Å². The van der Waals surface area contributed by atoms with Gasteiger partial charge in [0.2, 0.25) is 0 Å². The topological polar surface area (TPSA) is 85.4 Å². The number of hydrogen-bond acceptors (Lipinski definition) is 4. The van der Waals surface area contributed by atoms with Gasteiger partial charge in [0, 0.05) is 18.8 Å². The van der Waals surface area contributed by atoms with Crippen LogP contribution in [0.15, 0.2) is 16.9 Å². The molecule has 6 nitrogen and oxygen atoms in total. The number of nitrogens with zero attached hydrogens (tertiary/aromatic N) is 1. The van der Waals surface area contributed by atoms with Crippen molar-refractivity contribution in [3.05, 3.63) is 33.7 Å². The number of carbonyl (C=O) groups is 1. The zero-order valence-corrected chi connectivity index (χ0v) is 14.1. The molecule has 3 rings (SSSR count). The van der Waals surface area contributed by atoms with E-state index in [1.807, 2.05) is 6.07 Å². The first-order chi connectivity index (χ1) is 11.6. The molecule has 2 aliphatic rings. The lowest BCUT2D eigenvalue weighted by Gasteiger charge is -2.32. The fraction of sp³-hybridized carbons (Fsp3) is 0.667. The molecule has 24 heavy (non-hydrogen) atoms. The third-order valence-corrected chi connectivity index (χ3v) is 5.17. The van der Waals surface area contributed by atoms with Gasteiger partial charge in [0.25, 0.3) is 11.5 Å². The minimum Gasteiger partial charge on any atom is -0.388 e. The second-order valence-electron chi connectivity index (χ2n) is 7.18. The van der Waals surface area contributed by atoms with Crippen molar-refractivity contribution in [1.82, 2.24) is 15.2 Å². The van der Waals surface area contributed by atoms with Crippen molar-refractivity contribution >= 4 is 5.91 Å². The Bertz CT molecular complexity index is 629. The molecule has 132 valence electrons. The summed E-state index contributed by atoms with van der Waals surface area (Å²) in [5.74, 6) is -0.414. The summed E-state index contributed by atoms with van der Waals surface area (Å²) < 4.78 is 0. The number of rotatable bonds is 5. The number of amides is 1. The van der Waals surface area contributed by atoms with Gasteiger partial charge in [-0.2, -0.15) is 0 Å². The smallest absolute Gasteiger partial charge is 0.261 e. The van der Waals surface area contributed by atoms with E-state index in [-0.39, 0.29) is 17.7 Å². The highest BCUT2D eigenvalue weighted by molar-refractivity contribution is 5.93. The Morgan fingerprint density at radius 3 is 2.54 bits per heavy atom. The van der Waals surface area contributed by atoms with Gasteiger partial charge in [-0.3, -0.25) is 14.5 Å². The van der Waals surface area contributed by atoms with E-state index >= 15 is 0 Å². The van der Waals surface area contributed by atoms with Crippen LogP contribution >= 0.6 is 0 Å². The Kier molecular flexibility index (Phi) is 5.36. The SMILES string of the molecule is O=C(NCC1(O)CCCCC1)c1ccc(CN2CCCC2)[nH]c1=O. The van der Waals surface area contributed by atoms with Crippen LogP contribution in [0.2, 0.25) is 0 Å². The number of H-pyrrole nitrogens is 1. The van der Waals surface area contributed by atoms with Gasteiger partial charge in [-0.15, -0.1) is 0 Å². The molecule has 1 amide bonds. The Morgan fingerprint density at radius 2 is 1.88 bits per heavy atom. The van der Waals surface area contributed by atoms with Gasteiger partial charge in [-0.05, 0) is 50.9 Å². The van der Waals surface area contributed by atoms with E-state index in [1.165, 1.54) is 12.8 Å². The monoisotopic (exact) mass is 333 g/mol. The van der Waals surface area contributed by atoms with Crippen LogP contribution in [-0.4, -0.2) is 46.1 Å². The summed E-state index contributed by atoms with van der Waals surface area (Å²) in [6.07, 6.45) is 6.92. The molecule has 0 unspecified atom stereocenters. The van der Waals surface area contributed by atoms with E-state index in [1.54, 1.807) is 6.07 Å². The molecule has 1 saturated carbocycles. The second-order valence-corrected chi connectivity index (χ2v) is 7.18. The highest BCUT2D eigenvalue weighted by atomic mass is 16.3. The normalized spacial score (nSPS) is 20.9. The summed E-state index contributed by atoms with van der Waals surface area (Å²) in [7, 11) is 0. The van der Waals surface area contributed by atoms with Crippen LogP contribution in [0, 0.1) is 0 Å². The molecule has 1 aliphatic heterocycles. The third-order valence-electron chi connectivity index (χ3n) is 5.17. The second kappa shape index (κ2) is 7.49. The first-order valence-corrected chi connectivity index (χ1v) is 9.01. The quantitative estimate of drug-likeness (QED) is 0.760. The molecule has 1 aromatic rings. The van der Waals surface area contributed by atoms with Gasteiger partial charge >= 0.3 is 0 Å². The van der Waals surface area contributed by atoms with Crippen LogP contribution in [0.25, 0.3) is 0 Å². The average molecular weight is 333 g/mol. The molecule has 0 atom stereocenters.